The topological polar surface area (TPSA) is 66.4 Å². The molecule has 7 heteroatoms. The van der Waals surface area contributed by atoms with E-state index in [-0.39, 0.29) is 17.7 Å². The number of halogens is 2. The van der Waals surface area contributed by atoms with Crippen molar-refractivity contribution in [2.24, 2.45) is 0 Å². The minimum absolute atomic E-state index is 0.0610. The average Bonchev–Trinajstić information content (AvgIpc) is 2.42. The summed E-state index contributed by atoms with van der Waals surface area (Å²) in [6.07, 6.45) is 0.102. The molecular formula is C14H17F2NO3S. The summed E-state index contributed by atoms with van der Waals surface area (Å²) in [6.45, 7) is 1.21. The molecule has 0 heterocycles. The molecule has 1 aromatic carbocycles. The maximum Gasteiger partial charge on any atom is 0.326 e. The molecular weight excluding hydrogens is 300 g/mol. The number of benzene rings is 1. The highest BCUT2D eigenvalue weighted by atomic mass is 32.2. The Kier molecular flexibility index (Phi) is 6.61. The number of rotatable bonds is 8. The molecule has 0 aliphatic carbocycles. The number of amides is 1. The van der Waals surface area contributed by atoms with E-state index in [2.05, 4.69) is 5.32 Å². The van der Waals surface area contributed by atoms with E-state index in [1.54, 1.807) is 18.2 Å². The molecule has 1 rings (SSSR count). The lowest BCUT2D eigenvalue weighted by molar-refractivity contribution is -0.141. The van der Waals surface area contributed by atoms with Gasteiger partial charge in [-0.15, -0.1) is 0 Å². The van der Waals surface area contributed by atoms with Crippen LogP contribution < -0.4 is 5.32 Å². The molecule has 1 amide bonds. The molecule has 0 aliphatic heterocycles. The highest BCUT2D eigenvalue weighted by Crippen LogP contribution is 2.31. The van der Waals surface area contributed by atoms with Gasteiger partial charge in [-0.05, 0) is 12.2 Å². The third kappa shape index (κ3) is 6.12. The molecule has 1 unspecified atom stereocenters. The lowest BCUT2D eigenvalue weighted by atomic mass is 10.1. The monoisotopic (exact) mass is 317 g/mol. The van der Waals surface area contributed by atoms with E-state index in [1.807, 2.05) is 0 Å². The normalized spacial score (nSPS) is 12.7. The number of carbonyl (C=O) groups is 2. The number of aliphatic carboxylic acids is 1. The molecule has 1 atom stereocenters. The van der Waals surface area contributed by atoms with E-state index in [0.717, 1.165) is 11.8 Å². The van der Waals surface area contributed by atoms with Crippen molar-refractivity contribution >= 4 is 23.6 Å². The van der Waals surface area contributed by atoms with Gasteiger partial charge in [0.2, 0.25) is 5.91 Å². The Balaban J connectivity index is 2.42. The van der Waals surface area contributed by atoms with Crippen LogP contribution in [0.15, 0.2) is 30.3 Å². The Bertz CT molecular complexity index is 482. The van der Waals surface area contributed by atoms with Gasteiger partial charge < -0.3 is 10.4 Å². The first kappa shape index (κ1) is 17.4. The van der Waals surface area contributed by atoms with Gasteiger partial charge in [-0.2, -0.15) is 11.8 Å². The number of carboxylic acid groups (broad SMARTS) is 1. The number of hydrogen-bond donors (Lipinski definition) is 2. The van der Waals surface area contributed by atoms with Gasteiger partial charge in [0.15, 0.2) is 0 Å². The summed E-state index contributed by atoms with van der Waals surface area (Å²) in [5.41, 5.74) is -0.0610. The standard InChI is InChI=1S/C14H17F2NO3S/c1-10(18)17-12(13(19)20)7-8-21-9-14(15,16)11-5-3-2-4-6-11/h2-6,12H,7-9H2,1H3,(H,17,18)(H,19,20). The van der Waals surface area contributed by atoms with Gasteiger partial charge in [-0.25, -0.2) is 13.6 Å². The van der Waals surface area contributed by atoms with Crippen LogP contribution in [0.4, 0.5) is 8.78 Å². The molecule has 1 aromatic rings. The molecule has 0 bridgehead atoms. The highest BCUT2D eigenvalue weighted by molar-refractivity contribution is 7.99. The van der Waals surface area contributed by atoms with Crippen LogP contribution in [0.2, 0.25) is 0 Å². The second kappa shape index (κ2) is 7.97. The van der Waals surface area contributed by atoms with Gasteiger partial charge in [0, 0.05) is 12.5 Å². The maximum atomic E-state index is 13.8. The number of nitrogens with one attached hydrogen (secondary N) is 1. The fraction of sp³-hybridized carbons (Fsp3) is 0.429. The van der Waals surface area contributed by atoms with Crippen LogP contribution >= 0.6 is 11.8 Å². The summed E-state index contributed by atoms with van der Waals surface area (Å²) in [4.78, 5) is 21.7. The highest BCUT2D eigenvalue weighted by Gasteiger charge is 2.31. The Hall–Kier alpha value is -1.63. The van der Waals surface area contributed by atoms with Crippen molar-refractivity contribution in [3.8, 4) is 0 Å². The molecule has 0 radical (unpaired) electrons. The first-order chi connectivity index (χ1) is 9.83. The summed E-state index contributed by atoms with van der Waals surface area (Å²) in [6, 6.07) is 6.43. The van der Waals surface area contributed by atoms with Crippen molar-refractivity contribution in [3.05, 3.63) is 35.9 Å². The van der Waals surface area contributed by atoms with Crippen molar-refractivity contribution < 1.29 is 23.5 Å². The Labute approximate surface area is 125 Å². The SMILES string of the molecule is CC(=O)NC(CCSCC(F)(F)c1ccccc1)C(=O)O. The first-order valence-corrected chi connectivity index (χ1v) is 7.49. The van der Waals surface area contributed by atoms with E-state index >= 15 is 0 Å². The van der Waals surface area contributed by atoms with Crippen molar-refractivity contribution in [2.45, 2.75) is 25.3 Å². The largest absolute Gasteiger partial charge is 0.480 e. The van der Waals surface area contributed by atoms with E-state index < -0.39 is 29.6 Å². The van der Waals surface area contributed by atoms with Gasteiger partial charge in [-0.3, -0.25) is 4.79 Å². The zero-order valence-electron chi connectivity index (χ0n) is 11.5. The van der Waals surface area contributed by atoms with Crippen LogP contribution in [0.5, 0.6) is 0 Å². The number of carbonyl (C=O) groups excluding carboxylic acids is 1. The van der Waals surface area contributed by atoms with Gasteiger partial charge in [0.25, 0.3) is 5.92 Å². The number of hydrogen-bond acceptors (Lipinski definition) is 3. The molecule has 0 saturated carbocycles. The summed E-state index contributed by atoms with van der Waals surface area (Å²) >= 11 is 0.963. The van der Waals surface area contributed by atoms with E-state index in [4.69, 9.17) is 5.11 Å². The maximum absolute atomic E-state index is 13.8. The zero-order chi connectivity index (χ0) is 15.9. The minimum atomic E-state index is -2.96. The molecule has 0 saturated heterocycles. The second-order valence-corrected chi connectivity index (χ2v) is 5.61. The molecule has 116 valence electrons. The number of carboxylic acids is 1. The Morgan fingerprint density at radius 2 is 1.95 bits per heavy atom. The van der Waals surface area contributed by atoms with Gasteiger partial charge in [0.1, 0.15) is 6.04 Å². The molecule has 0 fully saturated rings. The summed E-state index contributed by atoms with van der Waals surface area (Å²) < 4.78 is 27.7. The predicted molar refractivity (Wildman–Crippen MR) is 77.5 cm³/mol. The first-order valence-electron chi connectivity index (χ1n) is 6.34. The van der Waals surface area contributed by atoms with Gasteiger partial charge in [-0.1, -0.05) is 30.3 Å². The van der Waals surface area contributed by atoms with E-state index in [9.17, 15) is 18.4 Å². The van der Waals surface area contributed by atoms with E-state index in [1.165, 1.54) is 19.1 Å². The molecule has 0 aliphatic rings. The summed E-state index contributed by atoms with van der Waals surface area (Å²) in [5, 5.41) is 11.2. The van der Waals surface area contributed by atoms with Crippen LogP contribution in [0.3, 0.4) is 0 Å². The minimum Gasteiger partial charge on any atom is -0.480 e. The van der Waals surface area contributed by atoms with Crippen molar-refractivity contribution in [1.82, 2.24) is 5.32 Å². The van der Waals surface area contributed by atoms with Crippen LogP contribution in [0.25, 0.3) is 0 Å². The predicted octanol–water partition coefficient (Wildman–Crippen LogP) is 2.49. The Morgan fingerprint density at radius 1 is 1.33 bits per heavy atom. The van der Waals surface area contributed by atoms with Crippen LogP contribution in [-0.4, -0.2) is 34.5 Å². The fourth-order valence-electron chi connectivity index (χ4n) is 1.67. The lowest BCUT2D eigenvalue weighted by Gasteiger charge is -2.17. The smallest absolute Gasteiger partial charge is 0.326 e. The summed E-state index contributed by atoms with van der Waals surface area (Å²) in [7, 11) is 0. The van der Waals surface area contributed by atoms with Crippen molar-refractivity contribution in [1.29, 1.82) is 0 Å². The van der Waals surface area contributed by atoms with Crippen LogP contribution in [-0.2, 0) is 15.5 Å². The molecule has 2 N–H and O–H groups in total. The summed E-state index contributed by atoms with van der Waals surface area (Å²) in [5.74, 6) is -4.79. The zero-order valence-corrected chi connectivity index (χ0v) is 12.3. The van der Waals surface area contributed by atoms with Crippen LogP contribution in [0.1, 0.15) is 18.9 Å². The molecule has 0 spiro atoms. The van der Waals surface area contributed by atoms with Crippen molar-refractivity contribution in [3.63, 3.8) is 0 Å². The van der Waals surface area contributed by atoms with Gasteiger partial charge in [0.05, 0.1) is 5.75 Å². The third-order valence-electron chi connectivity index (χ3n) is 2.71. The fourth-order valence-corrected chi connectivity index (χ4v) is 2.64. The van der Waals surface area contributed by atoms with E-state index in [0.29, 0.717) is 0 Å². The number of alkyl halides is 2. The van der Waals surface area contributed by atoms with Gasteiger partial charge >= 0.3 is 5.97 Å². The van der Waals surface area contributed by atoms with Crippen molar-refractivity contribution in [2.75, 3.05) is 11.5 Å². The molecule has 4 nitrogen and oxygen atoms in total. The molecule has 0 aromatic heterocycles. The average molecular weight is 317 g/mol. The third-order valence-corrected chi connectivity index (χ3v) is 3.80. The molecule has 21 heavy (non-hydrogen) atoms. The Morgan fingerprint density at radius 3 is 2.48 bits per heavy atom. The quantitative estimate of drug-likeness (QED) is 0.723. The van der Waals surface area contributed by atoms with Crippen LogP contribution in [0, 0.1) is 0 Å². The lowest BCUT2D eigenvalue weighted by Crippen LogP contribution is -2.40. The number of thioether (sulfide) groups is 1. The second-order valence-electron chi connectivity index (χ2n) is 4.50.